The summed E-state index contributed by atoms with van der Waals surface area (Å²) in [4.78, 5) is 2.76. The molecule has 0 amide bonds. The number of thiophene rings is 1. The van der Waals surface area contributed by atoms with Crippen molar-refractivity contribution >= 4 is 34.9 Å². The molecule has 2 unspecified atom stereocenters. The predicted molar refractivity (Wildman–Crippen MR) is 77.0 cm³/mol. The number of aliphatic hydroxyl groups is 1. The van der Waals surface area contributed by atoms with Gasteiger partial charge in [0.2, 0.25) is 0 Å². The van der Waals surface area contributed by atoms with Gasteiger partial charge in [0, 0.05) is 38.7 Å². The molecule has 1 aromatic heterocycles. The van der Waals surface area contributed by atoms with Crippen molar-refractivity contribution < 1.29 is 5.11 Å². The molecule has 16 heavy (non-hydrogen) atoms. The zero-order valence-corrected chi connectivity index (χ0v) is 12.0. The van der Waals surface area contributed by atoms with E-state index in [2.05, 4.69) is 19.1 Å². The maximum atomic E-state index is 10.2. The quantitative estimate of drug-likeness (QED) is 0.911. The summed E-state index contributed by atoms with van der Waals surface area (Å²) in [5.74, 6) is 3.54. The van der Waals surface area contributed by atoms with Crippen LogP contribution >= 0.6 is 34.9 Å². The summed E-state index contributed by atoms with van der Waals surface area (Å²) in [5.41, 5.74) is 0. The van der Waals surface area contributed by atoms with Crippen LogP contribution in [0.4, 0.5) is 0 Å². The van der Waals surface area contributed by atoms with Gasteiger partial charge in [0.15, 0.2) is 0 Å². The van der Waals surface area contributed by atoms with Crippen molar-refractivity contribution in [3.05, 3.63) is 21.9 Å². The van der Waals surface area contributed by atoms with E-state index in [0.29, 0.717) is 5.25 Å². The first-order valence-electron chi connectivity index (χ1n) is 5.74. The second kappa shape index (κ2) is 6.34. The molecule has 0 radical (unpaired) electrons. The first-order chi connectivity index (χ1) is 7.79. The minimum Gasteiger partial charge on any atom is -0.392 e. The highest BCUT2D eigenvalue weighted by atomic mass is 32.2. The lowest BCUT2D eigenvalue weighted by Gasteiger charge is -2.25. The number of thioether (sulfide) groups is 2. The van der Waals surface area contributed by atoms with Crippen molar-refractivity contribution in [1.29, 1.82) is 0 Å². The Morgan fingerprint density at radius 3 is 2.81 bits per heavy atom. The fourth-order valence-corrected chi connectivity index (χ4v) is 5.57. The third-order valence-electron chi connectivity index (χ3n) is 2.75. The molecule has 0 bridgehead atoms. The number of rotatable bonds is 4. The van der Waals surface area contributed by atoms with E-state index in [0.717, 1.165) is 18.6 Å². The van der Waals surface area contributed by atoms with Crippen molar-refractivity contribution in [3.63, 3.8) is 0 Å². The monoisotopic (exact) mass is 274 g/mol. The SMILES string of the molecule is CCc1ccc(CC(O)C2CSCCS2)s1. The first-order valence-corrected chi connectivity index (χ1v) is 8.76. The Hall–Kier alpha value is 0.360. The Labute approximate surface area is 110 Å². The molecule has 90 valence electrons. The van der Waals surface area contributed by atoms with Crippen LogP contribution in [0.15, 0.2) is 12.1 Å². The van der Waals surface area contributed by atoms with Crippen LogP contribution < -0.4 is 0 Å². The van der Waals surface area contributed by atoms with Gasteiger partial charge in [-0.2, -0.15) is 23.5 Å². The van der Waals surface area contributed by atoms with Crippen molar-refractivity contribution in [2.45, 2.75) is 31.1 Å². The zero-order valence-electron chi connectivity index (χ0n) is 9.52. The van der Waals surface area contributed by atoms with Gasteiger partial charge in [0.1, 0.15) is 0 Å². The molecular weight excluding hydrogens is 256 g/mol. The molecule has 2 rings (SSSR count). The summed E-state index contributed by atoms with van der Waals surface area (Å²) in [5, 5.41) is 10.6. The van der Waals surface area contributed by atoms with Crippen LogP contribution in [0.25, 0.3) is 0 Å². The topological polar surface area (TPSA) is 20.2 Å². The molecule has 1 aliphatic heterocycles. The van der Waals surface area contributed by atoms with Gasteiger partial charge in [-0.05, 0) is 18.6 Å². The van der Waals surface area contributed by atoms with Crippen molar-refractivity contribution in [2.24, 2.45) is 0 Å². The highest BCUT2D eigenvalue weighted by Gasteiger charge is 2.23. The van der Waals surface area contributed by atoms with Gasteiger partial charge in [0.25, 0.3) is 0 Å². The molecule has 2 heterocycles. The number of hydrogen-bond donors (Lipinski definition) is 1. The van der Waals surface area contributed by atoms with Gasteiger partial charge >= 0.3 is 0 Å². The fraction of sp³-hybridized carbons (Fsp3) is 0.667. The van der Waals surface area contributed by atoms with Crippen LogP contribution in [-0.4, -0.2) is 33.7 Å². The number of aryl methyl sites for hydroxylation is 1. The van der Waals surface area contributed by atoms with Gasteiger partial charge in [-0.25, -0.2) is 0 Å². The van der Waals surface area contributed by atoms with E-state index in [4.69, 9.17) is 0 Å². The highest BCUT2D eigenvalue weighted by molar-refractivity contribution is 8.06. The largest absolute Gasteiger partial charge is 0.392 e. The summed E-state index contributed by atoms with van der Waals surface area (Å²) in [6.45, 7) is 2.18. The van der Waals surface area contributed by atoms with Crippen molar-refractivity contribution in [3.8, 4) is 0 Å². The Morgan fingerprint density at radius 2 is 2.19 bits per heavy atom. The second-order valence-corrected chi connectivity index (χ2v) is 7.73. The third kappa shape index (κ3) is 3.42. The van der Waals surface area contributed by atoms with Gasteiger partial charge in [-0.3, -0.25) is 0 Å². The van der Waals surface area contributed by atoms with Crippen LogP contribution in [0.3, 0.4) is 0 Å². The minimum absolute atomic E-state index is 0.166. The van der Waals surface area contributed by atoms with E-state index >= 15 is 0 Å². The van der Waals surface area contributed by atoms with E-state index in [-0.39, 0.29) is 6.10 Å². The lowest BCUT2D eigenvalue weighted by molar-refractivity contribution is 0.178. The first kappa shape index (κ1) is 12.8. The van der Waals surface area contributed by atoms with Gasteiger partial charge in [-0.1, -0.05) is 6.92 Å². The molecule has 0 aromatic carbocycles. The molecule has 0 aliphatic carbocycles. The van der Waals surface area contributed by atoms with Crippen LogP contribution in [0.5, 0.6) is 0 Å². The predicted octanol–water partition coefficient (Wildman–Crippen LogP) is 3.06. The van der Waals surface area contributed by atoms with E-state index in [1.165, 1.54) is 21.3 Å². The molecular formula is C12H18OS3. The van der Waals surface area contributed by atoms with Crippen LogP contribution in [0.2, 0.25) is 0 Å². The summed E-state index contributed by atoms with van der Waals surface area (Å²) in [6.07, 6.45) is 1.78. The smallest absolute Gasteiger partial charge is 0.0714 e. The summed E-state index contributed by atoms with van der Waals surface area (Å²) >= 11 is 5.76. The lowest BCUT2D eigenvalue weighted by Crippen LogP contribution is -2.30. The zero-order chi connectivity index (χ0) is 11.4. The standard InChI is InChI=1S/C12H18OS3/c1-2-9-3-4-10(16-9)7-11(13)12-8-14-5-6-15-12/h3-4,11-13H,2,5-8H2,1H3. The Bertz CT molecular complexity index is 318. The molecule has 1 aliphatic rings. The highest BCUT2D eigenvalue weighted by Crippen LogP contribution is 2.29. The van der Waals surface area contributed by atoms with E-state index < -0.39 is 0 Å². The fourth-order valence-electron chi connectivity index (χ4n) is 1.79. The molecule has 0 spiro atoms. The Balaban J connectivity index is 1.87. The van der Waals surface area contributed by atoms with E-state index in [1.807, 2.05) is 34.9 Å². The summed E-state index contributed by atoms with van der Waals surface area (Å²) in [6, 6.07) is 4.36. The van der Waals surface area contributed by atoms with Gasteiger partial charge < -0.3 is 5.11 Å². The van der Waals surface area contributed by atoms with Crippen LogP contribution in [-0.2, 0) is 12.8 Å². The minimum atomic E-state index is -0.166. The van der Waals surface area contributed by atoms with Gasteiger partial charge in [0.05, 0.1) is 6.10 Å². The van der Waals surface area contributed by atoms with E-state index in [9.17, 15) is 5.11 Å². The molecule has 1 aromatic rings. The number of aliphatic hydroxyl groups excluding tert-OH is 1. The average molecular weight is 274 g/mol. The number of hydrogen-bond acceptors (Lipinski definition) is 4. The Morgan fingerprint density at radius 1 is 1.38 bits per heavy atom. The summed E-state index contributed by atoms with van der Waals surface area (Å²) < 4.78 is 0. The molecule has 1 nitrogen and oxygen atoms in total. The molecule has 2 atom stereocenters. The average Bonchev–Trinajstić information content (AvgIpc) is 2.78. The van der Waals surface area contributed by atoms with Gasteiger partial charge in [-0.15, -0.1) is 11.3 Å². The third-order valence-corrected chi connectivity index (χ3v) is 6.90. The van der Waals surface area contributed by atoms with E-state index in [1.54, 1.807) is 0 Å². The van der Waals surface area contributed by atoms with Crippen LogP contribution in [0.1, 0.15) is 16.7 Å². The second-order valence-electron chi connectivity index (χ2n) is 3.98. The van der Waals surface area contributed by atoms with Crippen LogP contribution in [0, 0.1) is 0 Å². The van der Waals surface area contributed by atoms with Crippen molar-refractivity contribution in [1.82, 2.24) is 0 Å². The van der Waals surface area contributed by atoms with Crippen molar-refractivity contribution in [2.75, 3.05) is 17.3 Å². The molecule has 4 heteroatoms. The maximum absolute atomic E-state index is 10.2. The molecule has 1 saturated heterocycles. The molecule has 1 N–H and O–H groups in total. The normalized spacial score (nSPS) is 23.2. The maximum Gasteiger partial charge on any atom is 0.0714 e. The lowest BCUT2D eigenvalue weighted by atomic mass is 10.2. The molecule has 1 fully saturated rings. The summed E-state index contributed by atoms with van der Waals surface area (Å²) in [7, 11) is 0. The Kier molecular flexibility index (Phi) is 5.07. The molecule has 0 saturated carbocycles.